The van der Waals surface area contributed by atoms with E-state index in [9.17, 15) is 43.4 Å². The van der Waals surface area contributed by atoms with Gasteiger partial charge in [0.2, 0.25) is 12.6 Å². The molecule has 1 saturated heterocycles. The number of hydrogen-bond donors (Lipinski definition) is 3. The predicted octanol–water partition coefficient (Wildman–Crippen LogP) is 2.96. The van der Waals surface area contributed by atoms with Crippen molar-refractivity contribution in [1.82, 2.24) is 14.3 Å². The minimum atomic E-state index is -5.52. The van der Waals surface area contributed by atoms with Crippen LogP contribution < -0.4 is 11.2 Å². The molecule has 0 saturated carbocycles. The number of benzene rings is 1. The first-order valence-corrected chi connectivity index (χ1v) is 19.1. The minimum absolute atomic E-state index is 0.268. The third kappa shape index (κ3) is 10.6. The fourth-order valence-electron chi connectivity index (χ4n) is 4.61. The zero-order chi connectivity index (χ0) is 39.7. The number of fused-ring (bicyclic) bond motifs is 1. The Balaban J connectivity index is 1.49. The minimum Gasteiger partial charge on any atom is -0.435 e. The van der Waals surface area contributed by atoms with Gasteiger partial charge in [-0.1, -0.05) is 17.3 Å². The van der Waals surface area contributed by atoms with Crippen LogP contribution in [0.5, 0.6) is 0 Å². The SMILES string of the molecule is CC(OC(=O)C(C)(C)C)OP(=O)(OC(C)OC(=O)C(C)(C)C)OP(=O)(O)OC[C@H]1O[C@@H](n2ccc(=O)n(Cc3noc4ccccc34)c2=O)C(O)C1O. The number of para-hydroxylation sites is 1. The third-order valence-electron chi connectivity index (χ3n) is 7.40. The van der Waals surface area contributed by atoms with Gasteiger partial charge in [-0.25, -0.2) is 23.0 Å². The smallest absolute Gasteiger partial charge is 0.435 e. The van der Waals surface area contributed by atoms with Gasteiger partial charge in [0.1, 0.15) is 24.0 Å². The fraction of sp³-hybridized carbons (Fsp3) is 0.581. The second kappa shape index (κ2) is 16.0. The molecule has 5 unspecified atom stereocenters. The van der Waals surface area contributed by atoms with Gasteiger partial charge in [0.05, 0.1) is 24.0 Å². The summed E-state index contributed by atoms with van der Waals surface area (Å²) in [5, 5.41) is 26.0. The Morgan fingerprint density at radius 3 is 2.06 bits per heavy atom. The van der Waals surface area contributed by atoms with Crippen LogP contribution in [-0.2, 0) is 57.4 Å². The molecule has 3 aromatic rings. The van der Waals surface area contributed by atoms with E-state index < -0.39 is 93.4 Å². The van der Waals surface area contributed by atoms with Crippen LogP contribution in [0.15, 0.2) is 50.6 Å². The largest absolute Gasteiger partial charge is 0.489 e. The number of aliphatic hydroxyl groups is 2. The summed E-state index contributed by atoms with van der Waals surface area (Å²) in [5.74, 6) is -1.62. The highest BCUT2D eigenvalue weighted by Gasteiger charge is 2.48. The Labute approximate surface area is 302 Å². The number of aliphatic hydroxyl groups excluding tert-OH is 2. The van der Waals surface area contributed by atoms with Crippen molar-refractivity contribution in [3.8, 4) is 0 Å². The number of nitrogens with zero attached hydrogens (tertiary/aromatic N) is 3. The molecule has 0 radical (unpaired) electrons. The van der Waals surface area contributed by atoms with Crippen LogP contribution in [-0.4, -0.2) is 78.8 Å². The van der Waals surface area contributed by atoms with Crippen LogP contribution in [0.1, 0.15) is 67.3 Å². The maximum Gasteiger partial charge on any atom is 0.489 e. The molecule has 1 aliphatic rings. The molecule has 294 valence electrons. The molecule has 2 aromatic heterocycles. The number of ether oxygens (including phenoxy) is 3. The van der Waals surface area contributed by atoms with Crippen LogP contribution >= 0.6 is 15.6 Å². The fourth-order valence-corrected chi connectivity index (χ4v) is 7.32. The Hall–Kier alpha value is -3.55. The summed E-state index contributed by atoms with van der Waals surface area (Å²) >= 11 is 0. The van der Waals surface area contributed by atoms with E-state index >= 15 is 0 Å². The standard InChI is InChI=1S/C31H43N3O17P2/c1-17(45-27(38)30(3,4)5)49-53(43,50-18(2)46-28(39)31(6,7)8)51-52(41,42)44-16-22-24(36)25(37)26(47-22)33-14-13-23(35)34(29(33)40)15-20-19-11-9-10-12-21(19)48-32-20/h9-14,17-18,22,24-26,36-37H,15-16H2,1-8H3,(H,41,42)/t17?,18?,22-,24?,25?,26-,53?/m1/s1. The van der Waals surface area contributed by atoms with Crippen molar-refractivity contribution >= 4 is 38.6 Å². The summed E-state index contributed by atoms with van der Waals surface area (Å²) in [6.07, 6.45) is -9.26. The number of phosphoric ester groups is 2. The predicted molar refractivity (Wildman–Crippen MR) is 181 cm³/mol. The van der Waals surface area contributed by atoms with E-state index in [1.54, 1.807) is 24.3 Å². The highest BCUT2D eigenvalue weighted by molar-refractivity contribution is 7.61. The molecule has 1 fully saturated rings. The summed E-state index contributed by atoms with van der Waals surface area (Å²) < 4.78 is 69.4. The van der Waals surface area contributed by atoms with Crippen molar-refractivity contribution in [1.29, 1.82) is 0 Å². The molecule has 22 heteroatoms. The molecule has 3 N–H and O–H groups in total. The van der Waals surface area contributed by atoms with Gasteiger partial charge in [-0.15, -0.1) is 0 Å². The number of esters is 2. The quantitative estimate of drug-likeness (QED) is 0.120. The Kier molecular flexibility index (Phi) is 12.8. The first-order valence-electron chi connectivity index (χ1n) is 16.2. The zero-order valence-electron chi connectivity index (χ0n) is 30.1. The highest BCUT2D eigenvalue weighted by Crippen LogP contribution is 2.64. The first-order chi connectivity index (χ1) is 24.4. The topological polar surface area (TPSA) is 264 Å². The lowest BCUT2D eigenvalue weighted by atomic mass is 9.97. The maximum atomic E-state index is 13.7. The summed E-state index contributed by atoms with van der Waals surface area (Å²) in [6, 6.07) is 7.78. The lowest BCUT2D eigenvalue weighted by Gasteiger charge is -2.28. The Morgan fingerprint density at radius 2 is 1.49 bits per heavy atom. The normalized spacial score (nSPS) is 22.8. The van der Waals surface area contributed by atoms with Crippen molar-refractivity contribution < 1.29 is 70.4 Å². The molecule has 1 aliphatic heterocycles. The lowest BCUT2D eigenvalue weighted by Crippen LogP contribution is -2.43. The van der Waals surface area contributed by atoms with Crippen LogP contribution in [0, 0.1) is 10.8 Å². The molecule has 0 aliphatic carbocycles. The van der Waals surface area contributed by atoms with E-state index in [0.717, 1.165) is 35.2 Å². The molecule has 4 rings (SSSR count). The van der Waals surface area contributed by atoms with Crippen LogP contribution in [0.4, 0.5) is 0 Å². The molecule has 1 aromatic carbocycles. The molecule has 20 nitrogen and oxygen atoms in total. The van der Waals surface area contributed by atoms with Gasteiger partial charge in [0, 0.05) is 17.6 Å². The van der Waals surface area contributed by atoms with Gasteiger partial charge in [-0.05, 0) is 67.5 Å². The number of phosphoric acid groups is 2. The van der Waals surface area contributed by atoms with Crippen LogP contribution in [0.25, 0.3) is 11.0 Å². The summed E-state index contributed by atoms with van der Waals surface area (Å²) in [5.41, 5.74) is -3.06. The maximum absolute atomic E-state index is 13.7. The van der Waals surface area contributed by atoms with Gasteiger partial charge in [-0.2, -0.15) is 4.31 Å². The number of carbonyl (C=O) groups excluding carboxylic acids is 2. The van der Waals surface area contributed by atoms with Crippen molar-refractivity contribution in [3.63, 3.8) is 0 Å². The molecular weight excluding hydrogens is 748 g/mol. The van der Waals surface area contributed by atoms with E-state index in [4.69, 9.17) is 36.6 Å². The van der Waals surface area contributed by atoms with Crippen molar-refractivity contribution in [3.05, 3.63) is 63.1 Å². The Bertz CT molecular complexity index is 1970. The van der Waals surface area contributed by atoms with E-state index in [2.05, 4.69) is 5.16 Å². The highest BCUT2D eigenvalue weighted by atomic mass is 31.3. The van der Waals surface area contributed by atoms with Gasteiger partial charge in [-0.3, -0.25) is 28.0 Å². The van der Waals surface area contributed by atoms with Gasteiger partial charge >= 0.3 is 33.3 Å². The summed E-state index contributed by atoms with van der Waals surface area (Å²) in [4.78, 5) is 61.4. The number of carbonyl (C=O) groups is 2. The third-order valence-corrected chi connectivity index (χ3v) is 10.6. The van der Waals surface area contributed by atoms with Crippen molar-refractivity contribution in [2.45, 2.75) is 99.1 Å². The molecular formula is C31H43N3O17P2. The molecule has 53 heavy (non-hydrogen) atoms. The summed E-state index contributed by atoms with van der Waals surface area (Å²) in [7, 11) is -10.8. The van der Waals surface area contributed by atoms with E-state index in [0.29, 0.717) is 11.0 Å². The molecule has 0 amide bonds. The Morgan fingerprint density at radius 1 is 0.925 bits per heavy atom. The number of hydrogen-bond acceptors (Lipinski definition) is 17. The van der Waals surface area contributed by atoms with Crippen LogP contribution in [0.3, 0.4) is 0 Å². The molecule has 7 atom stereocenters. The zero-order valence-corrected chi connectivity index (χ0v) is 31.9. The second-order valence-corrected chi connectivity index (χ2v) is 17.2. The van der Waals surface area contributed by atoms with Crippen molar-refractivity contribution in [2.75, 3.05) is 6.61 Å². The lowest BCUT2D eigenvalue weighted by molar-refractivity contribution is -0.179. The monoisotopic (exact) mass is 791 g/mol. The number of aromatic nitrogens is 3. The van der Waals surface area contributed by atoms with Gasteiger partial charge in [0.15, 0.2) is 11.8 Å². The average molecular weight is 792 g/mol. The van der Waals surface area contributed by atoms with E-state index in [1.807, 2.05) is 0 Å². The molecule has 0 spiro atoms. The second-order valence-electron chi connectivity index (χ2n) is 14.1. The average Bonchev–Trinajstić information content (AvgIpc) is 3.56. The molecule has 0 bridgehead atoms. The van der Waals surface area contributed by atoms with Gasteiger partial charge in [0.25, 0.3) is 5.56 Å². The van der Waals surface area contributed by atoms with Gasteiger partial charge < -0.3 is 33.8 Å². The van der Waals surface area contributed by atoms with E-state index in [-0.39, 0.29) is 12.2 Å². The molecule has 3 heterocycles. The first kappa shape index (κ1) is 42.2. The van der Waals surface area contributed by atoms with Crippen LogP contribution in [0.2, 0.25) is 0 Å². The summed E-state index contributed by atoms with van der Waals surface area (Å²) in [6.45, 7) is 10.0. The van der Waals surface area contributed by atoms with E-state index in [1.165, 1.54) is 41.5 Å². The number of rotatable bonds is 14. The van der Waals surface area contributed by atoms with Crippen molar-refractivity contribution in [2.24, 2.45) is 10.8 Å².